The van der Waals surface area contributed by atoms with Gasteiger partial charge in [-0.25, -0.2) is 9.78 Å². The molecule has 0 unspecified atom stereocenters. The standard InChI is InChI=1S/C8H8ClNO2/c1-4-3-6(8(11)12)5(2)10-7(4)9/h3H,1-2H3,(H,11,12). The molecule has 0 aliphatic heterocycles. The maximum absolute atomic E-state index is 10.6. The van der Waals surface area contributed by atoms with Gasteiger partial charge in [0, 0.05) is 0 Å². The quantitative estimate of drug-likeness (QED) is 0.682. The number of nitrogens with zero attached hydrogens (tertiary/aromatic N) is 1. The van der Waals surface area contributed by atoms with Crippen molar-refractivity contribution >= 4 is 17.6 Å². The Morgan fingerprint density at radius 3 is 2.67 bits per heavy atom. The summed E-state index contributed by atoms with van der Waals surface area (Å²) >= 11 is 5.69. The van der Waals surface area contributed by atoms with E-state index in [2.05, 4.69) is 4.98 Å². The third kappa shape index (κ3) is 1.56. The van der Waals surface area contributed by atoms with E-state index in [0.717, 1.165) is 0 Å². The molecule has 0 aliphatic carbocycles. The predicted molar refractivity (Wildman–Crippen MR) is 45.7 cm³/mol. The number of rotatable bonds is 1. The van der Waals surface area contributed by atoms with Crippen LogP contribution in [0.5, 0.6) is 0 Å². The Labute approximate surface area is 75.0 Å². The fourth-order valence-electron chi connectivity index (χ4n) is 0.893. The van der Waals surface area contributed by atoms with Crippen molar-refractivity contribution in [1.29, 1.82) is 0 Å². The summed E-state index contributed by atoms with van der Waals surface area (Å²) in [5, 5.41) is 9.06. The second kappa shape index (κ2) is 3.11. The Bertz CT molecular complexity index is 336. The highest BCUT2D eigenvalue weighted by molar-refractivity contribution is 6.30. The summed E-state index contributed by atoms with van der Waals surface area (Å²) < 4.78 is 0. The molecule has 4 heteroatoms. The van der Waals surface area contributed by atoms with Crippen LogP contribution in [0.2, 0.25) is 5.15 Å². The number of aryl methyl sites for hydroxylation is 2. The normalized spacial score (nSPS) is 9.92. The minimum absolute atomic E-state index is 0.205. The summed E-state index contributed by atoms with van der Waals surface area (Å²) in [5.74, 6) is -0.972. The molecule has 12 heavy (non-hydrogen) atoms. The molecule has 1 rings (SSSR count). The molecule has 0 saturated carbocycles. The summed E-state index contributed by atoms with van der Waals surface area (Å²) in [7, 11) is 0. The number of halogens is 1. The van der Waals surface area contributed by atoms with E-state index >= 15 is 0 Å². The molecule has 1 aromatic heterocycles. The topological polar surface area (TPSA) is 50.2 Å². The van der Waals surface area contributed by atoms with E-state index in [1.807, 2.05) is 0 Å². The first-order valence-electron chi connectivity index (χ1n) is 3.39. The molecule has 0 aromatic carbocycles. The SMILES string of the molecule is Cc1cc(C(=O)O)c(C)nc1Cl. The van der Waals surface area contributed by atoms with Gasteiger partial charge in [-0.1, -0.05) is 11.6 Å². The maximum Gasteiger partial charge on any atom is 0.337 e. The van der Waals surface area contributed by atoms with E-state index in [0.29, 0.717) is 16.4 Å². The largest absolute Gasteiger partial charge is 0.478 e. The second-order valence-corrected chi connectivity index (χ2v) is 2.89. The fourth-order valence-corrected chi connectivity index (χ4v) is 1.07. The van der Waals surface area contributed by atoms with Gasteiger partial charge in [-0.05, 0) is 25.5 Å². The van der Waals surface area contributed by atoms with E-state index in [9.17, 15) is 4.79 Å². The number of aromatic nitrogens is 1. The molecule has 1 heterocycles. The van der Waals surface area contributed by atoms with Crippen LogP contribution in [-0.4, -0.2) is 16.1 Å². The van der Waals surface area contributed by atoms with Crippen molar-refractivity contribution in [2.24, 2.45) is 0 Å². The van der Waals surface area contributed by atoms with Gasteiger partial charge >= 0.3 is 5.97 Å². The van der Waals surface area contributed by atoms with Crippen LogP contribution in [0.1, 0.15) is 21.6 Å². The van der Waals surface area contributed by atoms with Gasteiger partial charge in [-0.2, -0.15) is 0 Å². The Balaban J connectivity index is 3.33. The van der Waals surface area contributed by atoms with Crippen LogP contribution in [0.25, 0.3) is 0 Å². The van der Waals surface area contributed by atoms with Crippen molar-refractivity contribution in [2.75, 3.05) is 0 Å². The summed E-state index contributed by atoms with van der Waals surface area (Å²) in [6.07, 6.45) is 0. The molecular formula is C8H8ClNO2. The smallest absolute Gasteiger partial charge is 0.337 e. The van der Waals surface area contributed by atoms with Crippen molar-refractivity contribution in [2.45, 2.75) is 13.8 Å². The molecule has 0 spiro atoms. The summed E-state index contributed by atoms with van der Waals surface area (Å²) in [6.45, 7) is 3.34. The van der Waals surface area contributed by atoms with Crippen LogP contribution in [0.3, 0.4) is 0 Å². The molecule has 0 fully saturated rings. The van der Waals surface area contributed by atoms with Crippen LogP contribution in [0.4, 0.5) is 0 Å². The molecule has 0 amide bonds. The van der Waals surface area contributed by atoms with Crippen molar-refractivity contribution in [3.8, 4) is 0 Å². The minimum atomic E-state index is -0.972. The Morgan fingerprint density at radius 1 is 1.58 bits per heavy atom. The zero-order chi connectivity index (χ0) is 9.30. The molecule has 0 aliphatic rings. The first kappa shape index (κ1) is 9.00. The Kier molecular flexibility index (Phi) is 2.33. The van der Waals surface area contributed by atoms with Gasteiger partial charge in [0.25, 0.3) is 0 Å². The van der Waals surface area contributed by atoms with E-state index in [1.165, 1.54) is 6.07 Å². The van der Waals surface area contributed by atoms with Gasteiger partial charge in [0.15, 0.2) is 0 Å². The molecule has 64 valence electrons. The highest BCUT2D eigenvalue weighted by atomic mass is 35.5. The molecule has 0 bridgehead atoms. The second-order valence-electron chi connectivity index (χ2n) is 2.53. The molecule has 1 N–H and O–H groups in total. The number of carbonyl (C=O) groups is 1. The lowest BCUT2D eigenvalue weighted by Gasteiger charge is -2.02. The minimum Gasteiger partial charge on any atom is -0.478 e. The number of hydrogen-bond acceptors (Lipinski definition) is 2. The number of carboxylic acids is 1. The number of pyridine rings is 1. The lowest BCUT2D eigenvalue weighted by Crippen LogP contribution is -2.02. The molecule has 0 atom stereocenters. The first-order valence-corrected chi connectivity index (χ1v) is 3.77. The summed E-state index contributed by atoms with van der Waals surface area (Å²) in [4.78, 5) is 14.5. The fraction of sp³-hybridized carbons (Fsp3) is 0.250. The third-order valence-electron chi connectivity index (χ3n) is 1.57. The number of aromatic carboxylic acids is 1. The van der Waals surface area contributed by atoms with E-state index in [1.54, 1.807) is 13.8 Å². The van der Waals surface area contributed by atoms with Gasteiger partial charge in [-0.3, -0.25) is 0 Å². The van der Waals surface area contributed by atoms with Crippen LogP contribution >= 0.6 is 11.6 Å². The van der Waals surface area contributed by atoms with Crippen LogP contribution < -0.4 is 0 Å². The predicted octanol–water partition coefficient (Wildman–Crippen LogP) is 2.05. The van der Waals surface area contributed by atoms with Crippen molar-refractivity contribution in [1.82, 2.24) is 4.98 Å². The molecule has 0 saturated heterocycles. The summed E-state index contributed by atoms with van der Waals surface area (Å²) in [5.41, 5.74) is 1.33. The summed E-state index contributed by atoms with van der Waals surface area (Å²) in [6, 6.07) is 1.52. The maximum atomic E-state index is 10.6. The van der Waals surface area contributed by atoms with Crippen LogP contribution in [0.15, 0.2) is 6.07 Å². The molecule has 1 aromatic rings. The lowest BCUT2D eigenvalue weighted by molar-refractivity contribution is 0.0695. The van der Waals surface area contributed by atoms with Gasteiger partial charge < -0.3 is 5.11 Å². The van der Waals surface area contributed by atoms with Gasteiger partial charge in [-0.15, -0.1) is 0 Å². The number of carboxylic acid groups (broad SMARTS) is 1. The van der Waals surface area contributed by atoms with Crippen LogP contribution in [0, 0.1) is 13.8 Å². The van der Waals surface area contributed by atoms with E-state index < -0.39 is 5.97 Å². The van der Waals surface area contributed by atoms with Crippen molar-refractivity contribution in [3.63, 3.8) is 0 Å². The monoisotopic (exact) mass is 185 g/mol. The molecule has 0 radical (unpaired) electrons. The molecule has 3 nitrogen and oxygen atoms in total. The average molecular weight is 186 g/mol. The third-order valence-corrected chi connectivity index (χ3v) is 1.95. The van der Waals surface area contributed by atoms with Gasteiger partial charge in [0.2, 0.25) is 0 Å². The van der Waals surface area contributed by atoms with E-state index in [4.69, 9.17) is 16.7 Å². The highest BCUT2D eigenvalue weighted by Gasteiger charge is 2.10. The van der Waals surface area contributed by atoms with Gasteiger partial charge in [0.05, 0.1) is 11.3 Å². The first-order chi connectivity index (χ1) is 5.52. The van der Waals surface area contributed by atoms with Gasteiger partial charge in [0.1, 0.15) is 5.15 Å². The Morgan fingerprint density at radius 2 is 2.17 bits per heavy atom. The molecular weight excluding hydrogens is 178 g/mol. The van der Waals surface area contributed by atoms with E-state index in [-0.39, 0.29) is 5.56 Å². The Hall–Kier alpha value is -1.09. The zero-order valence-corrected chi connectivity index (χ0v) is 7.51. The average Bonchev–Trinajstić information content (AvgIpc) is 1.96. The van der Waals surface area contributed by atoms with Crippen molar-refractivity contribution in [3.05, 3.63) is 28.0 Å². The lowest BCUT2D eigenvalue weighted by atomic mass is 10.1. The zero-order valence-electron chi connectivity index (χ0n) is 6.76. The van der Waals surface area contributed by atoms with Crippen LogP contribution in [-0.2, 0) is 0 Å². The highest BCUT2D eigenvalue weighted by Crippen LogP contribution is 2.16. The van der Waals surface area contributed by atoms with Crippen molar-refractivity contribution < 1.29 is 9.90 Å². The number of hydrogen-bond donors (Lipinski definition) is 1.